The molecule has 1 aliphatic heterocycles. The minimum absolute atomic E-state index is 0.486. The molecule has 3 heteroatoms. The Hall–Kier alpha value is -0.830. The van der Waals surface area contributed by atoms with Crippen molar-refractivity contribution < 1.29 is 0 Å². The summed E-state index contributed by atoms with van der Waals surface area (Å²) < 4.78 is 0. The average molecular weight is 208 g/mol. The van der Waals surface area contributed by atoms with Crippen LogP contribution in [-0.4, -0.2) is 23.3 Å². The van der Waals surface area contributed by atoms with Gasteiger partial charge >= 0.3 is 0 Å². The molecule has 1 saturated heterocycles. The summed E-state index contributed by atoms with van der Waals surface area (Å²) >= 11 is 1.75. The highest BCUT2D eigenvalue weighted by Crippen LogP contribution is 2.17. The van der Waals surface area contributed by atoms with Crippen molar-refractivity contribution in [1.29, 1.82) is 5.41 Å². The third-order valence-electron chi connectivity index (χ3n) is 2.80. The topological polar surface area (TPSA) is 27.1 Å². The number of hydrogen-bond donors (Lipinski definition) is 1. The van der Waals surface area contributed by atoms with Crippen LogP contribution in [0.5, 0.6) is 0 Å². The van der Waals surface area contributed by atoms with Gasteiger partial charge in [0.15, 0.2) is 0 Å². The molecule has 0 radical (unpaired) electrons. The second-order valence-electron chi connectivity index (χ2n) is 3.93. The van der Waals surface area contributed by atoms with Crippen LogP contribution in [0.15, 0.2) is 16.8 Å². The summed E-state index contributed by atoms with van der Waals surface area (Å²) in [5.41, 5.74) is 1.40. The molecule has 1 aromatic heterocycles. The number of nitrogens with zero attached hydrogens (tertiary/aromatic N) is 1. The predicted molar refractivity (Wildman–Crippen MR) is 61.2 cm³/mol. The molecular formula is C11H16N2S. The number of hydrogen-bond acceptors (Lipinski definition) is 2. The molecule has 1 atom stereocenters. The van der Waals surface area contributed by atoms with Crippen LogP contribution in [0.3, 0.4) is 0 Å². The van der Waals surface area contributed by atoms with Crippen molar-refractivity contribution in [2.24, 2.45) is 0 Å². The highest BCUT2D eigenvalue weighted by molar-refractivity contribution is 7.07. The monoisotopic (exact) mass is 208 g/mol. The van der Waals surface area contributed by atoms with E-state index >= 15 is 0 Å². The maximum atomic E-state index is 7.79. The summed E-state index contributed by atoms with van der Waals surface area (Å²) in [6, 6.07) is 2.67. The molecule has 0 saturated carbocycles. The van der Waals surface area contributed by atoms with Crippen LogP contribution >= 0.6 is 11.3 Å². The zero-order chi connectivity index (χ0) is 9.97. The Morgan fingerprint density at radius 2 is 2.50 bits per heavy atom. The van der Waals surface area contributed by atoms with Gasteiger partial charge in [0.1, 0.15) is 0 Å². The highest BCUT2D eigenvalue weighted by Gasteiger charge is 2.21. The maximum absolute atomic E-state index is 7.79. The molecule has 0 aromatic carbocycles. The molecule has 0 bridgehead atoms. The molecule has 2 heterocycles. The van der Waals surface area contributed by atoms with E-state index in [1.165, 1.54) is 5.56 Å². The van der Waals surface area contributed by atoms with Gasteiger partial charge < -0.3 is 4.90 Å². The van der Waals surface area contributed by atoms with Crippen LogP contribution in [0.1, 0.15) is 25.3 Å². The fraction of sp³-hybridized carbons (Fsp3) is 0.545. The van der Waals surface area contributed by atoms with Crippen molar-refractivity contribution in [3.63, 3.8) is 0 Å². The standard InChI is InChI=1S/C11H16N2S/c1-9(7-10-4-6-14-8-10)13-5-2-3-11(13)12/h4,6,8-9,12H,2-3,5,7H2,1H3. The summed E-state index contributed by atoms with van der Waals surface area (Å²) in [6.45, 7) is 3.29. The maximum Gasteiger partial charge on any atom is 0.0960 e. The lowest BCUT2D eigenvalue weighted by Gasteiger charge is -2.25. The predicted octanol–water partition coefficient (Wildman–Crippen LogP) is 2.75. The Bertz CT molecular complexity index is 305. The van der Waals surface area contributed by atoms with Gasteiger partial charge in [-0.2, -0.15) is 11.3 Å². The summed E-state index contributed by atoms with van der Waals surface area (Å²) in [6.07, 6.45) is 3.20. The number of thiophene rings is 1. The second-order valence-corrected chi connectivity index (χ2v) is 4.71. The van der Waals surface area contributed by atoms with Gasteiger partial charge in [0, 0.05) is 19.0 Å². The number of nitrogens with one attached hydrogen (secondary N) is 1. The third kappa shape index (κ3) is 1.98. The fourth-order valence-electron chi connectivity index (χ4n) is 2.04. The first-order valence-corrected chi connectivity index (χ1v) is 6.07. The van der Waals surface area contributed by atoms with Crippen LogP contribution in [0, 0.1) is 5.41 Å². The van der Waals surface area contributed by atoms with E-state index in [1.54, 1.807) is 11.3 Å². The van der Waals surface area contributed by atoms with E-state index in [0.29, 0.717) is 6.04 Å². The van der Waals surface area contributed by atoms with Crippen molar-refractivity contribution in [3.05, 3.63) is 22.4 Å². The Morgan fingerprint density at radius 3 is 3.07 bits per heavy atom. The molecular weight excluding hydrogens is 192 g/mol. The molecule has 0 aliphatic carbocycles. The normalized spacial score (nSPS) is 18.9. The lowest BCUT2D eigenvalue weighted by atomic mass is 10.1. The van der Waals surface area contributed by atoms with Gasteiger partial charge in [0.05, 0.1) is 5.84 Å². The third-order valence-corrected chi connectivity index (χ3v) is 3.53. The van der Waals surface area contributed by atoms with Gasteiger partial charge in [-0.15, -0.1) is 0 Å². The van der Waals surface area contributed by atoms with E-state index in [-0.39, 0.29) is 0 Å². The van der Waals surface area contributed by atoms with Gasteiger partial charge in [0.25, 0.3) is 0 Å². The largest absolute Gasteiger partial charge is 0.358 e. The van der Waals surface area contributed by atoms with Crippen molar-refractivity contribution in [3.8, 4) is 0 Å². The minimum atomic E-state index is 0.486. The van der Waals surface area contributed by atoms with Gasteiger partial charge in [-0.3, -0.25) is 5.41 Å². The molecule has 0 amide bonds. The van der Waals surface area contributed by atoms with Crippen LogP contribution in [0.2, 0.25) is 0 Å². The average Bonchev–Trinajstić information content (AvgIpc) is 2.75. The molecule has 1 N–H and O–H groups in total. The molecule has 14 heavy (non-hydrogen) atoms. The van der Waals surface area contributed by atoms with E-state index in [4.69, 9.17) is 5.41 Å². The fourth-order valence-corrected chi connectivity index (χ4v) is 2.72. The lowest BCUT2D eigenvalue weighted by Crippen LogP contribution is -2.34. The molecule has 1 unspecified atom stereocenters. The summed E-state index contributed by atoms with van der Waals surface area (Å²) in [4.78, 5) is 2.23. The molecule has 0 spiro atoms. The first kappa shape index (κ1) is 9.71. The minimum Gasteiger partial charge on any atom is -0.358 e. The van der Waals surface area contributed by atoms with Crippen molar-refractivity contribution in [1.82, 2.24) is 4.90 Å². The Morgan fingerprint density at radius 1 is 1.64 bits per heavy atom. The number of amidine groups is 1. The van der Waals surface area contributed by atoms with E-state index in [9.17, 15) is 0 Å². The molecule has 2 rings (SSSR count). The van der Waals surface area contributed by atoms with Gasteiger partial charge in [-0.05, 0) is 42.2 Å². The summed E-state index contributed by atoms with van der Waals surface area (Å²) in [7, 11) is 0. The van der Waals surface area contributed by atoms with Crippen molar-refractivity contribution in [2.45, 2.75) is 32.2 Å². The van der Waals surface area contributed by atoms with Gasteiger partial charge in [-0.1, -0.05) is 0 Å². The van der Waals surface area contributed by atoms with Crippen molar-refractivity contribution in [2.75, 3.05) is 6.54 Å². The van der Waals surface area contributed by atoms with Crippen LogP contribution < -0.4 is 0 Å². The van der Waals surface area contributed by atoms with E-state index in [2.05, 4.69) is 28.7 Å². The Kier molecular flexibility index (Phi) is 2.87. The Labute approximate surface area is 89.1 Å². The van der Waals surface area contributed by atoms with Gasteiger partial charge in [-0.25, -0.2) is 0 Å². The Balaban J connectivity index is 1.95. The van der Waals surface area contributed by atoms with Crippen LogP contribution in [0.4, 0.5) is 0 Å². The number of likely N-dealkylation sites (tertiary alicyclic amines) is 1. The molecule has 1 aromatic rings. The van der Waals surface area contributed by atoms with Gasteiger partial charge in [0.2, 0.25) is 0 Å². The van der Waals surface area contributed by atoms with E-state index < -0.39 is 0 Å². The molecule has 76 valence electrons. The first-order valence-electron chi connectivity index (χ1n) is 5.12. The van der Waals surface area contributed by atoms with Crippen LogP contribution in [0.25, 0.3) is 0 Å². The highest BCUT2D eigenvalue weighted by atomic mass is 32.1. The smallest absolute Gasteiger partial charge is 0.0960 e. The lowest BCUT2D eigenvalue weighted by molar-refractivity contribution is 0.351. The van der Waals surface area contributed by atoms with Crippen LogP contribution in [-0.2, 0) is 6.42 Å². The molecule has 2 nitrogen and oxygen atoms in total. The SMILES string of the molecule is CC(Cc1ccsc1)N1CCCC1=N. The van der Waals surface area contributed by atoms with E-state index in [0.717, 1.165) is 31.6 Å². The van der Waals surface area contributed by atoms with E-state index in [1.807, 2.05) is 0 Å². The molecule has 1 fully saturated rings. The summed E-state index contributed by atoms with van der Waals surface area (Å²) in [5, 5.41) is 12.1. The summed E-state index contributed by atoms with van der Waals surface area (Å²) in [5.74, 6) is 0.827. The second kappa shape index (κ2) is 4.13. The quantitative estimate of drug-likeness (QED) is 0.812. The number of rotatable bonds is 3. The zero-order valence-corrected chi connectivity index (χ0v) is 9.31. The van der Waals surface area contributed by atoms with Crippen molar-refractivity contribution >= 4 is 17.2 Å². The first-order chi connectivity index (χ1) is 6.77. The zero-order valence-electron chi connectivity index (χ0n) is 8.49. The molecule has 1 aliphatic rings.